The van der Waals surface area contributed by atoms with Crippen LogP contribution in [0.3, 0.4) is 0 Å². The van der Waals surface area contributed by atoms with E-state index in [1.165, 1.54) is 42.4 Å². The Bertz CT molecular complexity index is 2950. The third kappa shape index (κ3) is 6.41. The van der Waals surface area contributed by atoms with Gasteiger partial charge in [0.1, 0.15) is 0 Å². The first-order valence-corrected chi connectivity index (χ1v) is 19.4. The Morgan fingerprint density at radius 3 is 1.49 bits per heavy atom. The third-order valence-electron chi connectivity index (χ3n) is 10.3. The molecule has 258 valence electrons. The van der Waals surface area contributed by atoms with Crippen molar-refractivity contribution in [1.29, 1.82) is 0 Å². The maximum Gasteiger partial charge on any atom is 0.160 e. The minimum atomic E-state index is 0.698. The van der Waals surface area contributed by atoms with Crippen LogP contribution in [0.15, 0.2) is 206 Å². The van der Waals surface area contributed by atoms with Gasteiger partial charge in [0.05, 0.1) is 11.4 Å². The van der Waals surface area contributed by atoms with E-state index in [2.05, 4.69) is 188 Å². The first-order chi connectivity index (χ1) is 27.2. The molecule has 0 fully saturated rings. The van der Waals surface area contributed by atoms with Crippen LogP contribution in [0.5, 0.6) is 0 Å². The number of fused-ring (bicyclic) bond motifs is 3. The van der Waals surface area contributed by atoms with Gasteiger partial charge in [-0.1, -0.05) is 170 Å². The van der Waals surface area contributed by atoms with Crippen molar-refractivity contribution in [3.05, 3.63) is 206 Å². The maximum atomic E-state index is 5.29. The van der Waals surface area contributed by atoms with Crippen LogP contribution in [-0.4, -0.2) is 9.97 Å². The lowest BCUT2D eigenvalue weighted by atomic mass is 9.93. The van der Waals surface area contributed by atoms with Crippen LogP contribution in [0.2, 0.25) is 0 Å². The second-order valence-corrected chi connectivity index (χ2v) is 14.8. The predicted octanol–water partition coefficient (Wildman–Crippen LogP) is 14.5. The molecule has 0 aliphatic carbocycles. The van der Waals surface area contributed by atoms with E-state index in [1.807, 2.05) is 29.5 Å². The topological polar surface area (TPSA) is 25.8 Å². The Morgan fingerprint density at radius 2 is 0.764 bits per heavy atom. The first kappa shape index (κ1) is 32.7. The molecule has 0 bridgehead atoms. The summed E-state index contributed by atoms with van der Waals surface area (Å²) < 4.78 is 2.58. The molecule has 2 aromatic heterocycles. The monoisotopic (exact) mass is 718 g/mol. The van der Waals surface area contributed by atoms with Gasteiger partial charge in [0.2, 0.25) is 0 Å². The summed E-state index contributed by atoms with van der Waals surface area (Å²) in [5.74, 6) is 0.698. The Balaban J connectivity index is 1.18. The zero-order valence-electron chi connectivity index (χ0n) is 29.9. The summed E-state index contributed by atoms with van der Waals surface area (Å²) in [4.78, 5) is 10.5. The summed E-state index contributed by atoms with van der Waals surface area (Å²) in [5.41, 5.74) is 14.2. The Kier molecular flexibility index (Phi) is 8.40. The Labute approximate surface area is 324 Å². The minimum Gasteiger partial charge on any atom is -0.228 e. The molecule has 10 rings (SSSR count). The van der Waals surface area contributed by atoms with Gasteiger partial charge in [-0.05, 0) is 80.9 Å². The highest BCUT2D eigenvalue weighted by atomic mass is 32.1. The van der Waals surface area contributed by atoms with Gasteiger partial charge in [0.15, 0.2) is 5.82 Å². The number of thiophene rings is 1. The van der Waals surface area contributed by atoms with Crippen molar-refractivity contribution >= 4 is 31.5 Å². The lowest BCUT2D eigenvalue weighted by Gasteiger charge is -2.14. The molecule has 0 spiro atoms. The van der Waals surface area contributed by atoms with E-state index in [0.717, 1.165) is 50.3 Å². The SMILES string of the molecule is c1ccc(-c2ccc(-c3cc(-c4cc(-c5cccc(-c6ccccc6)c5)nc(-c5ccccc5)n4)cc(-c4cccc5c4sc4ccccc45)c3)cc2)cc1. The number of benzene rings is 8. The number of hydrogen-bond donors (Lipinski definition) is 0. The van der Waals surface area contributed by atoms with Crippen LogP contribution in [-0.2, 0) is 0 Å². The molecular formula is C52H34N2S. The lowest BCUT2D eigenvalue weighted by molar-refractivity contribution is 1.18. The second kappa shape index (κ2) is 14.1. The Hall–Kier alpha value is -6.94. The summed E-state index contributed by atoms with van der Waals surface area (Å²) in [5, 5.41) is 2.58. The van der Waals surface area contributed by atoms with E-state index in [9.17, 15) is 0 Å². The van der Waals surface area contributed by atoms with E-state index in [-0.39, 0.29) is 0 Å². The van der Waals surface area contributed by atoms with Crippen molar-refractivity contribution in [2.45, 2.75) is 0 Å². The van der Waals surface area contributed by atoms with Crippen molar-refractivity contribution in [2.24, 2.45) is 0 Å². The predicted molar refractivity (Wildman–Crippen MR) is 233 cm³/mol. The largest absolute Gasteiger partial charge is 0.228 e. The lowest BCUT2D eigenvalue weighted by Crippen LogP contribution is -1.97. The van der Waals surface area contributed by atoms with Gasteiger partial charge in [-0.25, -0.2) is 9.97 Å². The molecule has 0 unspecified atom stereocenters. The highest BCUT2D eigenvalue weighted by molar-refractivity contribution is 7.26. The number of nitrogens with zero attached hydrogens (tertiary/aromatic N) is 2. The van der Waals surface area contributed by atoms with Gasteiger partial charge in [0, 0.05) is 36.9 Å². The number of hydrogen-bond acceptors (Lipinski definition) is 3. The fraction of sp³-hybridized carbons (Fsp3) is 0. The first-order valence-electron chi connectivity index (χ1n) is 18.6. The van der Waals surface area contributed by atoms with Crippen molar-refractivity contribution < 1.29 is 0 Å². The summed E-state index contributed by atoms with van der Waals surface area (Å²) in [6, 6.07) is 73.4. The summed E-state index contributed by atoms with van der Waals surface area (Å²) in [6.45, 7) is 0. The fourth-order valence-corrected chi connectivity index (χ4v) is 8.74. The molecule has 2 heterocycles. The molecule has 0 aliphatic heterocycles. The molecule has 55 heavy (non-hydrogen) atoms. The molecule has 0 saturated carbocycles. The van der Waals surface area contributed by atoms with Crippen LogP contribution in [0.4, 0.5) is 0 Å². The minimum absolute atomic E-state index is 0.698. The van der Waals surface area contributed by atoms with Gasteiger partial charge < -0.3 is 0 Å². The van der Waals surface area contributed by atoms with Crippen molar-refractivity contribution in [3.63, 3.8) is 0 Å². The van der Waals surface area contributed by atoms with Crippen LogP contribution in [0, 0.1) is 0 Å². The molecule has 0 N–H and O–H groups in total. The average Bonchev–Trinajstić information content (AvgIpc) is 3.66. The molecule has 3 heteroatoms. The zero-order valence-corrected chi connectivity index (χ0v) is 30.7. The van der Waals surface area contributed by atoms with E-state index in [4.69, 9.17) is 9.97 Å². The van der Waals surface area contributed by atoms with Crippen LogP contribution < -0.4 is 0 Å². The normalized spacial score (nSPS) is 11.3. The second-order valence-electron chi connectivity index (χ2n) is 13.8. The summed E-state index contributed by atoms with van der Waals surface area (Å²) >= 11 is 1.86. The van der Waals surface area contributed by atoms with Gasteiger partial charge >= 0.3 is 0 Å². The molecule has 10 aromatic rings. The van der Waals surface area contributed by atoms with E-state index >= 15 is 0 Å². The quantitative estimate of drug-likeness (QED) is 0.164. The number of aromatic nitrogens is 2. The van der Waals surface area contributed by atoms with Gasteiger partial charge in [0.25, 0.3) is 0 Å². The average molecular weight is 719 g/mol. The van der Waals surface area contributed by atoms with E-state index < -0.39 is 0 Å². The third-order valence-corrected chi connectivity index (χ3v) is 11.5. The highest BCUT2D eigenvalue weighted by Crippen LogP contribution is 2.42. The zero-order chi connectivity index (χ0) is 36.6. The van der Waals surface area contributed by atoms with Gasteiger partial charge in [-0.3, -0.25) is 0 Å². The summed E-state index contributed by atoms with van der Waals surface area (Å²) in [7, 11) is 0. The molecule has 0 atom stereocenters. The fourth-order valence-electron chi connectivity index (χ4n) is 7.51. The molecular weight excluding hydrogens is 685 g/mol. The van der Waals surface area contributed by atoms with Crippen molar-refractivity contribution in [2.75, 3.05) is 0 Å². The maximum absolute atomic E-state index is 5.29. The van der Waals surface area contributed by atoms with E-state index in [1.54, 1.807) is 0 Å². The standard InChI is InChI=1S/C52H34N2S/c1-4-14-35(15-5-1)37-26-28-38(29-27-37)42-31-43(45-23-13-24-47-46-22-10-11-25-50(46)55-51(45)47)33-44(32-42)49-34-48(53-52(54-49)39-18-8-3-9-19-39)41-21-12-20-40(30-41)36-16-6-2-7-17-36/h1-34H. The molecule has 0 radical (unpaired) electrons. The van der Waals surface area contributed by atoms with E-state index in [0.29, 0.717) is 5.82 Å². The molecule has 0 aliphatic rings. The smallest absolute Gasteiger partial charge is 0.160 e. The van der Waals surface area contributed by atoms with Gasteiger partial charge in [-0.15, -0.1) is 11.3 Å². The number of rotatable bonds is 7. The van der Waals surface area contributed by atoms with Crippen molar-refractivity contribution in [3.8, 4) is 78.4 Å². The van der Waals surface area contributed by atoms with Crippen molar-refractivity contribution in [1.82, 2.24) is 9.97 Å². The van der Waals surface area contributed by atoms with Crippen LogP contribution in [0.25, 0.3) is 98.6 Å². The molecule has 8 aromatic carbocycles. The molecule has 2 nitrogen and oxygen atoms in total. The molecule has 0 saturated heterocycles. The highest BCUT2D eigenvalue weighted by Gasteiger charge is 2.16. The van der Waals surface area contributed by atoms with Crippen LogP contribution in [0.1, 0.15) is 0 Å². The summed E-state index contributed by atoms with van der Waals surface area (Å²) in [6.07, 6.45) is 0. The van der Waals surface area contributed by atoms with Gasteiger partial charge in [-0.2, -0.15) is 0 Å². The molecule has 0 amide bonds. The van der Waals surface area contributed by atoms with Crippen LogP contribution >= 0.6 is 11.3 Å². The Morgan fingerprint density at radius 1 is 0.291 bits per heavy atom.